The van der Waals surface area contributed by atoms with E-state index in [1.54, 1.807) is 24.3 Å². The molecule has 34 heavy (non-hydrogen) atoms. The maximum atomic E-state index is 11.9. The summed E-state index contributed by atoms with van der Waals surface area (Å²) in [5.41, 5.74) is -0.202. The fraction of sp³-hybridized carbons (Fsp3) is 0.100. The summed E-state index contributed by atoms with van der Waals surface area (Å²) in [5, 5.41) is 20.2. The molecule has 180 valence electrons. The van der Waals surface area contributed by atoms with Crippen molar-refractivity contribution in [1.82, 2.24) is 0 Å². The second-order valence-corrected chi connectivity index (χ2v) is 10.3. The molecule has 3 rings (SSSR count). The van der Waals surface area contributed by atoms with E-state index in [9.17, 15) is 46.2 Å². The lowest BCUT2D eigenvalue weighted by atomic mass is 10.0. The van der Waals surface area contributed by atoms with Crippen molar-refractivity contribution in [1.29, 1.82) is 0 Å². The molecule has 0 fully saturated rings. The van der Waals surface area contributed by atoms with Gasteiger partial charge in [-0.2, -0.15) is 16.8 Å². The van der Waals surface area contributed by atoms with Gasteiger partial charge >= 0.3 is 0 Å². The Labute approximate surface area is 194 Å². The van der Waals surface area contributed by atoms with Gasteiger partial charge in [0.15, 0.2) is 0 Å². The van der Waals surface area contributed by atoms with Crippen LogP contribution in [-0.2, 0) is 30.7 Å². The van der Waals surface area contributed by atoms with E-state index >= 15 is 0 Å². The van der Waals surface area contributed by atoms with Gasteiger partial charge < -0.3 is 0 Å². The summed E-state index contributed by atoms with van der Waals surface area (Å²) in [6, 6.07) is 19.1. The maximum Gasteiger partial charge on any atom is 0.292 e. The third-order valence-electron chi connectivity index (χ3n) is 4.60. The van der Waals surface area contributed by atoms with Crippen molar-refractivity contribution in [2.75, 3.05) is 0 Å². The first-order valence-corrected chi connectivity index (χ1v) is 12.1. The van der Waals surface area contributed by atoms with Gasteiger partial charge in [0.1, 0.15) is 0 Å². The van der Waals surface area contributed by atoms with E-state index in [1.807, 2.05) is 0 Å². The molecule has 0 spiro atoms. The fourth-order valence-electron chi connectivity index (χ4n) is 2.97. The van der Waals surface area contributed by atoms with Crippen molar-refractivity contribution >= 4 is 31.6 Å². The van der Waals surface area contributed by atoms with Crippen LogP contribution in [0.15, 0.2) is 84.9 Å². The molecule has 0 heterocycles. The largest absolute Gasteiger partial charge is 0.292 e. The van der Waals surface area contributed by atoms with Gasteiger partial charge in [0.05, 0.1) is 9.85 Å². The number of hydrogen-bond acceptors (Lipinski definition) is 8. The molecule has 0 saturated carbocycles. The molecule has 0 unspecified atom stereocenters. The Hall–Kier alpha value is -3.72. The first kappa shape index (κ1) is 26.5. The number of hydrogen-bond donors (Lipinski definition) is 2. The van der Waals surface area contributed by atoms with Crippen molar-refractivity contribution < 1.29 is 35.8 Å². The molecule has 0 atom stereocenters. The quantitative estimate of drug-likeness (QED) is 0.270. The monoisotopic (exact) mass is 510 g/mol. The molecule has 2 N–H and O–H groups in total. The molecule has 0 radical (unpaired) electrons. The average Bonchev–Trinajstić information content (AvgIpc) is 2.77. The van der Waals surface area contributed by atoms with Crippen LogP contribution in [0, 0.1) is 20.2 Å². The SMILES string of the molecule is O=S(=O)(O)C(Cc1ccccc1)(c1ccccc1)S(=O)(=O)O.O=[N+]([O-])c1ccc([N+](=O)[O-])cc1. The molecular weight excluding hydrogens is 492 g/mol. The summed E-state index contributed by atoms with van der Waals surface area (Å²) >= 11 is 0. The van der Waals surface area contributed by atoms with Gasteiger partial charge in [-0.3, -0.25) is 29.3 Å². The van der Waals surface area contributed by atoms with Crippen LogP contribution in [0.2, 0.25) is 0 Å². The van der Waals surface area contributed by atoms with E-state index in [-0.39, 0.29) is 16.9 Å². The van der Waals surface area contributed by atoms with Crippen molar-refractivity contribution in [3.63, 3.8) is 0 Å². The number of nitrogens with zero attached hydrogens (tertiary/aromatic N) is 2. The Balaban J connectivity index is 0.000000287. The molecule has 0 aliphatic carbocycles. The molecule has 0 aromatic heterocycles. The Kier molecular flexibility index (Phi) is 8.17. The summed E-state index contributed by atoms with van der Waals surface area (Å²) in [6.45, 7) is 0. The maximum absolute atomic E-state index is 11.9. The molecule has 0 aliphatic heterocycles. The minimum Gasteiger partial charge on any atom is -0.284 e. The Morgan fingerprint density at radius 1 is 0.647 bits per heavy atom. The lowest BCUT2D eigenvalue weighted by Crippen LogP contribution is -2.45. The number of non-ortho nitro benzene ring substituents is 2. The highest BCUT2D eigenvalue weighted by Crippen LogP contribution is 2.38. The molecular formula is C20H18N2O10S2. The minimum atomic E-state index is -5.17. The van der Waals surface area contributed by atoms with Crippen LogP contribution in [0.1, 0.15) is 11.1 Å². The molecule has 3 aromatic carbocycles. The van der Waals surface area contributed by atoms with E-state index in [0.29, 0.717) is 5.56 Å². The van der Waals surface area contributed by atoms with Gasteiger partial charge in [0, 0.05) is 30.7 Å². The van der Waals surface area contributed by atoms with Crippen LogP contribution < -0.4 is 0 Å². The molecule has 12 nitrogen and oxygen atoms in total. The van der Waals surface area contributed by atoms with E-state index < -0.39 is 40.6 Å². The number of benzene rings is 3. The summed E-state index contributed by atoms with van der Waals surface area (Å²) in [5.74, 6) is 0. The first-order chi connectivity index (χ1) is 15.8. The van der Waals surface area contributed by atoms with Crippen LogP contribution in [-0.4, -0.2) is 35.8 Å². The Bertz CT molecular complexity index is 1290. The zero-order valence-corrected chi connectivity index (χ0v) is 18.8. The van der Waals surface area contributed by atoms with Crippen LogP contribution in [0.25, 0.3) is 0 Å². The highest BCUT2D eigenvalue weighted by atomic mass is 32.3. The molecule has 0 bridgehead atoms. The normalized spacial score (nSPS) is 11.7. The van der Waals surface area contributed by atoms with Gasteiger partial charge in [-0.25, -0.2) is 0 Å². The van der Waals surface area contributed by atoms with Gasteiger partial charge in [0.25, 0.3) is 35.7 Å². The lowest BCUT2D eigenvalue weighted by molar-refractivity contribution is -0.389. The molecule has 0 aliphatic rings. The van der Waals surface area contributed by atoms with Crippen molar-refractivity contribution in [2.24, 2.45) is 0 Å². The number of rotatable bonds is 7. The highest BCUT2D eigenvalue weighted by molar-refractivity contribution is 8.04. The Morgan fingerprint density at radius 2 is 1.00 bits per heavy atom. The predicted octanol–water partition coefficient (Wildman–Crippen LogP) is 3.36. The van der Waals surface area contributed by atoms with E-state index in [4.69, 9.17) is 0 Å². The number of nitro benzene ring substituents is 2. The van der Waals surface area contributed by atoms with Crippen LogP contribution in [0.3, 0.4) is 0 Å². The van der Waals surface area contributed by atoms with Crippen LogP contribution >= 0.6 is 0 Å². The lowest BCUT2D eigenvalue weighted by Gasteiger charge is -2.28. The first-order valence-electron chi connectivity index (χ1n) is 9.22. The van der Waals surface area contributed by atoms with Crippen molar-refractivity contribution in [3.05, 3.63) is 116 Å². The zero-order valence-electron chi connectivity index (χ0n) is 17.2. The second kappa shape index (κ2) is 10.5. The summed E-state index contributed by atoms with van der Waals surface area (Å²) in [4.78, 5) is 19.0. The topological polar surface area (TPSA) is 195 Å². The minimum absolute atomic E-state index is 0.152. The average molecular weight is 511 g/mol. The third-order valence-corrected chi connectivity index (χ3v) is 8.29. The van der Waals surface area contributed by atoms with Crippen molar-refractivity contribution in [3.8, 4) is 0 Å². The van der Waals surface area contributed by atoms with E-state index in [0.717, 1.165) is 24.3 Å². The fourth-order valence-corrected chi connectivity index (χ4v) is 5.60. The molecule has 0 saturated heterocycles. The third kappa shape index (κ3) is 5.99. The van der Waals surface area contributed by atoms with Gasteiger partial charge in [-0.1, -0.05) is 60.7 Å². The predicted molar refractivity (Wildman–Crippen MR) is 121 cm³/mol. The second-order valence-electron chi connectivity index (χ2n) is 6.76. The van der Waals surface area contributed by atoms with Crippen molar-refractivity contribution in [2.45, 2.75) is 10.5 Å². The Morgan fingerprint density at radius 3 is 1.32 bits per heavy atom. The summed E-state index contributed by atoms with van der Waals surface area (Å²) < 4.78 is 64.0. The highest BCUT2D eigenvalue weighted by Gasteiger charge is 2.56. The summed E-state index contributed by atoms with van der Waals surface area (Å²) in [7, 11) is -10.3. The summed E-state index contributed by atoms with van der Waals surface area (Å²) in [6.07, 6.45) is -0.616. The van der Waals surface area contributed by atoms with Gasteiger partial charge in [-0.15, -0.1) is 0 Å². The standard InChI is InChI=1S/C14H14O6S2.C6H4N2O4/c15-21(16,17)14(22(18,19)20,13-9-5-2-6-10-13)11-12-7-3-1-4-8-12;9-7(10)5-1-2-6(4-3-5)8(11)12/h1-10H,11H2,(H,15,16,17)(H,18,19,20);1-4H. The zero-order chi connectivity index (χ0) is 25.6. The van der Waals surface area contributed by atoms with Gasteiger partial charge in [-0.05, 0) is 11.1 Å². The van der Waals surface area contributed by atoms with Crippen LogP contribution in [0.4, 0.5) is 11.4 Å². The smallest absolute Gasteiger partial charge is 0.284 e. The van der Waals surface area contributed by atoms with Crippen LogP contribution in [0.5, 0.6) is 0 Å². The number of nitro groups is 2. The molecule has 0 amide bonds. The van der Waals surface area contributed by atoms with Gasteiger partial charge in [0.2, 0.25) is 0 Å². The van der Waals surface area contributed by atoms with E-state index in [2.05, 4.69) is 0 Å². The molecule has 14 heteroatoms. The molecule has 3 aromatic rings. The van der Waals surface area contributed by atoms with E-state index in [1.165, 1.54) is 36.4 Å².